The first-order valence-corrected chi connectivity index (χ1v) is 9.78. The van der Waals surface area contributed by atoms with Gasteiger partial charge in [0.15, 0.2) is 5.78 Å². The lowest BCUT2D eigenvalue weighted by atomic mass is 10.0. The Bertz CT molecular complexity index is 1060. The van der Waals surface area contributed by atoms with Gasteiger partial charge in [-0.1, -0.05) is 43.3 Å². The van der Waals surface area contributed by atoms with Crippen molar-refractivity contribution in [3.05, 3.63) is 72.3 Å². The minimum atomic E-state index is 0.206. The molecule has 3 heteroatoms. The first-order chi connectivity index (χ1) is 12.7. The van der Waals surface area contributed by atoms with E-state index in [1.807, 2.05) is 42.5 Å². The largest absolute Gasteiger partial charge is 0.456 e. The molecular formula is C23H20O2S. The van der Waals surface area contributed by atoms with Crippen molar-refractivity contribution in [2.24, 2.45) is 0 Å². The molecule has 0 N–H and O–H groups in total. The van der Waals surface area contributed by atoms with Gasteiger partial charge in [-0.3, -0.25) is 4.79 Å². The van der Waals surface area contributed by atoms with Crippen molar-refractivity contribution in [3.63, 3.8) is 0 Å². The van der Waals surface area contributed by atoms with Crippen LogP contribution in [0.15, 0.2) is 80.9 Å². The second kappa shape index (κ2) is 7.38. The number of Topliss-reactive ketones (excluding diaryl/α,β-unsaturated/α-hetero) is 1. The molecule has 0 amide bonds. The number of fused-ring (bicyclic) bond motifs is 3. The minimum absolute atomic E-state index is 0.206. The van der Waals surface area contributed by atoms with Crippen molar-refractivity contribution in [1.82, 2.24) is 0 Å². The topological polar surface area (TPSA) is 30.2 Å². The summed E-state index contributed by atoms with van der Waals surface area (Å²) in [4.78, 5) is 14.7. The summed E-state index contributed by atoms with van der Waals surface area (Å²) in [6, 6.07) is 22.3. The Kier molecular flexibility index (Phi) is 4.81. The molecule has 1 heterocycles. The number of carbonyl (C=O) groups excluding carboxylic acids is 1. The zero-order valence-electron chi connectivity index (χ0n) is 14.7. The van der Waals surface area contributed by atoms with Gasteiger partial charge in [-0.05, 0) is 55.0 Å². The average molecular weight is 360 g/mol. The van der Waals surface area contributed by atoms with E-state index in [2.05, 4.69) is 31.2 Å². The quantitative estimate of drug-likeness (QED) is 0.343. The van der Waals surface area contributed by atoms with Gasteiger partial charge in [0.1, 0.15) is 11.2 Å². The molecule has 0 unspecified atom stereocenters. The van der Waals surface area contributed by atoms with Crippen LogP contribution in [0.3, 0.4) is 0 Å². The summed E-state index contributed by atoms with van der Waals surface area (Å²) < 4.78 is 5.95. The van der Waals surface area contributed by atoms with Crippen LogP contribution in [0.2, 0.25) is 0 Å². The van der Waals surface area contributed by atoms with E-state index < -0.39 is 0 Å². The molecule has 130 valence electrons. The second-order valence-electron chi connectivity index (χ2n) is 6.41. The molecule has 0 bridgehead atoms. The summed E-state index contributed by atoms with van der Waals surface area (Å²) in [7, 11) is 0. The highest BCUT2D eigenvalue weighted by molar-refractivity contribution is 7.99. The van der Waals surface area contributed by atoms with E-state index >= 15 is 0 Å². The maximum absolute atomic E-state index is 12.4. The van der Waals surface area contributed by atoms with Gasteiger partial charge in [0.05, 0.1) is 0 Å². The van der Waals surface area contributed by atoms with Crippen LogP contribution < -0.4 is 0 Å². The van der Waals surface area contributed by atoms with Gasteiger partial charge >= 0.3 is 0 Å². The Morgan fingerprint density at radius 2 is 1.62 bits per heavy atom. The standard InChI is InChI=1S/C23H20O2S/c1-2-3-9-21(24)16-10-12-22-19(14-16)20-15-18(11-13-23(20)25-22)26-17-7-5-4-6-8-17/h4-8,10-15H,2-3,9H2,1H3. The third kappa shape index (κ3) is 3.40. The van der Waals surface area contributed by atoms with Gasteiger partial charge < -0.3 is 4.42 Å². The molecule has 0 aliphatic heterocycles. The molecule has 4 aromatic rings. The van der Waals surface area contributed by atoms with E-state index in [-0.39, 0.29) is 5.78 Å². The molecular weight excluding hydrogens is 340 g/mol. The molecule has 0 spiro atoms. The zero-order chi connectivity index (χ0) is 17.9. The molecule has 0 radical (unpaired) electrons. The van der Waals surface area contributed by atoms with E-state index in [0.717, 1.165) is 45.2 Å². The Morgan fingerprint density at radius 1 is 0.885 bits per heavy atom. The minimum Gasteiger partial charge on any atom is -0.456 e. The summed E-state index contributed by atoms with van der Waals surface area (Å²) in [6.07, 6.45) is 2.57. The summed E-state index contributed by atoms with van der Waals surface area (Å²) in [5.41, 5.74) is 2.46. The number of furan rings is 1. The summed E-state index contributed by atoms with van der Waals surface area (Å²) in [5, 5.41) is 2.07. The second-order valence-corrected chi connectivity index (χ2v) is 7.56. The number of carbonyl (C=O) groups is 1. The van der Waals surface area contributed by atoms with Crippen LogP contribution in [0.1, 0.15) is 36.5 Å². The fourth-order valence-corrected chi connectivity index (χ4v) is 3.98. The highest BCUT2D eigenvalue weighted by Gasteiger charge is 2.12. The fraction of sp³-hybridized carbons (Fsp3) is 0.174. The van der Waals surface area contributed by atoms with E-state index in [1.54, 1.807) is 11.8 Å². The van der Waals surface area contributed by atoms with Crippen molar-refractivity contribution >= 4 is 39.5 Å². The molecule has 3 aromatic carbocycles. The van der Waals surface area contributed by atoms with Crippen molar-refractivity contribution in [2.45, 2.75) is 36.0 Å². The van der Waals surface area contributed by atoms with Crippen molar-refractivity contribution in [2.75, 3.05) is 0 Å². The maximum atomic E-state index is 12.4. The maximum Gasteiger partial charge on any atom is 0.162 e. The van der Waals surface area contributed by atoms with E-state index in [9.17, 15) is 4.79 Å². The smallest absolute Gasteiger partial charge is 0.162 e. The monoisotopic (exact) mass is 360 g/mol. The highest BCUT2D eigenvalue weighted by atomic mass is 32.2. The van der Waals surface area contributed by atoms with Gasteiger partial charge in [0.2, 0.25) is 0 Å². The number of benzene rings is 3. The van der Waals surface area contributed by atoms with E-state index in [4.69, 9.17) is 4.42 Å². The van der Waals surface area contributed by atoms with Gasteiger partial charge in [-0.25, -0.2) is 0 Å². The first kappa shape index (κ1) is 16.9. The Hall–Kier alpha value is -2.52. The third-order valence-corrected chi connectivity index (χ3v) is 5.50. The molecule has 0 aliphatic carbocycles. The van der Waals surface area contributed by atoms with Crippen LogP contribution in [-0.4, -0.2) is 5.78 Å². The number of hydrogen-bond donors (Lipinski definition) is 0. The Morgan fingerprint density at radius 3 is 2.38 bits per heavy atom. The molecule has 0 atom stereocenters. The predicted molar refractivity (Wildman–Crippen MR) is 108 cm³/mol. The zero-order valence-corrected chi connectivity index (χ0v) is 15.5. The van der Waals surface area contributed by atoms with E-state index in [1.165, 1.54) is 4.90 Å². The molecule has 0 saturated carbocycles. The number of rotatable bonds is 6. The fourth-order valence-electron chi connectivity index (χ4n) is 3.10. The van der Waals surface area contributed by atoms with Crippen molar-refractivity contribution < 1.29 is 9.21 Å². The molecule has 0 fully saturated rings. The molecule has 0 saturated heterocycles. The van der Waals surface area contributed by atoms with Gasteiger partial charge in [0, 0.05) is 32.5 Å². The van der Waals surface area contributed by atoms with Crippen LogP contribution in [0.25, 0.3) is 21.9 Å². The molecule has 0 aliphatic rings. The average Bonchev–Trinajstić information content (AvgIpc) is 3.04. The van der Waals surface area contributed by atoms with Crippen LogP contribution >= 0.6 is 11.8 Å². The normalized spacial score (nSPS) is 11.3. The third-order valence-electron chi connectivity index (χ3n) is 4.50. The lowest BCUT2D eigenvalue weighted by Crippen LogP contribution is -1.97. The summed E-state index contributed by atoms with van der Waals surface area (Å²) >= 11 is 1.73. The van der Waals surface area contributed by atoms with E-state index in [0.29, 0.717) is 6.42 Å². The van der Waals surface area contributed by atoms with Crippen LogP contribution in [0, 0.1) is 0 Å². The SMILES string of the molecule is CCCCC(=O)c1ccc2oc3ccc(Sc4ccccc4)cc3c2c1. The molecule has 2 nitrogen and oxygen atoms in total. The summed E-state index contributed by atoms with van der Waals surface area (Å²) in [6.45, 7) is 2.10. The van der Waals surface area contributed by atoms with Gasteiger partial charge in [-0.2, -0.15) is 0 Å². The number of hydrogen-bond acceptors (Lipinski definition) is 3. The first-order valence-electron chi connectivity index (χ1n) is 8.97. The van der Waals surface area contributed by atoms with Crippen molar-refractivity contribution in [1.29, 1.82) is 0 Å². The van der Waals surface area contributed by atoms with Gasteiger partial charge in [0.25, 0.3) is 0 Å². The van der Waals surface area contributed by atoms with Crippen LogP contribution in [0.4, 0.5) is 0 Å². The number of ketones is 1. The molecule has 26 heavy (non-hydrogen) atoms. The van der Waals surface area contributed by atoms with Crippen LogP contribution in [-0.2, 0) is 0 Å². The molecule has 1 aromatic heterocycles. The van der Waals surface area contributed by atoms with Crippen LogP contribution in [0.5, 0.6) is 0 Å². The molecule has 4 rings (SSSR count). The summed E-state index contributed by atoms with van der Waals surface area (Å²) in [5.74, 6) is 0.206. The van der Waals surface area contributed by atoms with Crippen molar-refractivity contribution in [3.8, 4) is 0 Å². The highest BCUT2D eigenvalue weighted by Crippen LogP contribution is 2.35. The Balaban J connectivity index is 1.73. The van der Waals surface area contributed by atoms with Gasteiger partial charge in [-0.15, -0.1) is 0 Å². The Labute approximate surface area is 157 Å². The predicted octanol–water partition coefficient (Wildman–Crippen LogP) is 7.11. The number of unbranched alkanes of at least 4 members (excludes halogenated alkanes) is 1. The lowest BCUT2D eigenvalue weighted by Gasteiger charge is -2.02. The lowest BCUT2D eigenvalue weighted by molar-refractivity contribution is 0.0980.